The standard InChI is InChI=1S/C21H29N7O6/c1-5-34-21(33)26-10-8-25(9-11-26)19(30)15(4)27-12-16(13(2)24-27)23-18(29)14(3)28-17(20(31)32)6-7-22-28/h6-7,12,14-15H,5,8-11H2,1-4H3,(H,23,29)(H,31,32). The Bertz CT molecular complexity index is 1070. The number of nitrogens with one attached hydrogen (secondary N) is 1. The SMILES string of the molecule is CCOC(=O)N1CCN(C(=O)C(C)n2cc(NC(=O)C(C)n3nccc3C(=O)O)c(C)n2)CC1. The van der Waals surface area contributed by atoms with Crippen molar-refractivity contribution in [3.8, 4) is 0 Å². The smallest absolute Gasteiger partial charge is 0.409 e. The average molecular weight is 476 g/mol. The van der Waals surface area contributed by atoms with E-state index in [2.05, 4.69) is 15.5 Å². The molecule has 13 heteroatoms. The van der Waals surface area contributed by atoms with Crippen LogP contribution in [-0.2, 0) is 14.3 Å². The third kappa shape index (κ3) is 5.18. The predicted molar refractivity (Wildman–Crippen MR) is 119 cm³/mol. The number of rotatable bonds is 7. The van der Waals surface area contributed by atoms with Crippen LogP contribution in [0.3, 0.4) is 0 Å². The monoisotopic (exact) mass is 475 g/mol. The first-order valence-electron chi connectivity index (χ1n) is 11.0. The Morgan fingerprint density at radius 3 is 2.38 bits per heavy atom. The number of hydrogen-bond acceptors (Lipinski definition) is 7. The number of nitrogens with zero attached hydrogens (tertiary/aromatic N) is 6. The van der Waals surface area contributed by atoms with Gasteiger partial charge >= 0.3 is 12.1 Å². The minimum atomic E-state index is -1.18. The first kappa shape index (κ1) is 24.7. The maximum atomic E-state index is 13.0. The summed E-state index contributed by atoms with van der Waals surface area (Å²) in [5, 5.41) is 20.3. The van der Waals surface area contributed by atoms with Crippen molar-refractivity contribution in [1.82, 2.24) is 29.4 Å². The number of anilines is 1. The second-order valence-electron chi connectivity index (χ2n) is 7.93. The van der Waals surface area contributed by atoms with Crippen molar-refractivity contribution < 1.29 is 29.0 Å². The summed E-state index contributed by atoms with van der Waals surface area (Å²) in [7, 11) is 0. The maximum Gasteiger partial charge on any atom is 0.409 e. The van der Waals surface area contributed by atoms with E-state index in [0.29, 0.717) is 44.2 Å². The summed E-state index contributed by atoms with van der Waals surface area (Å²) < 4.78 is 7.60. The van der Waals surface area contributed by atoms with Crippen molar-refractivity contribution in [3.63, 3.8) is 0 Å². The fraction of sp³-hybridized carbons (Fsp3) is 0.524. The third-order valence-electron chi connectivity index (χ3n) is 5.68. The lowest BCUT2D eigenvalue weighted by molar-refractivity contribution is -0.136. The van der Waals surface area contributed by atoms with Crippen LogP contribution in [0.1, 0.15) is 49.0 Å². The van der Waals surface area contributed by atoms with E-state index in [1.54, 1.807) is 36.8 Å². The van der Waals surface area contributed by atoms with Gasteiger partial charge in [-0.3, -0.25) is 14.3 Å². The quantitative estimate of drug-likeness (QED) is 0.605. The summed E-state index contributed by atoms with van der Waals surface area (Å²) in [5.41, 5.74) is 0.816. The highest BCUT2D eigenvalue weighted by atomic mass is 16.6. The Hall–Kier alpha value is -3.90. The molecule has 0 radical (unpaired) electrons. The van der Waals surface area contributed by atoms with Crippen LogP contribution in [0.15, 0.2) is 18.5 Å². The first-order valence-corrected chi connectivity index (χ1v) is 11.0. The van der Waals surface area contributed by atoms with E-state index in [4.69, 9.17) is 4.74 Å². The molecule has 0 bridgehead atoms. The summed E-state index contributed by atoms with van der Waals surface area (Å²) in [5.74, 6) is -1.81. The number of amides is 3. The Kier molecular flexibility index (Phi) is 7.54. The molecule has 184 valence electrons. The molecule has 0 aliphatic carbocycles. The summed E-state index contributed by atoms with van der Waals surface area (Å²) in [6.07, 6.45) is 2.50. The van der Waals surface area contributed by atoms with Crippen molar-refractivity contribution in [3.05, 3.63) is 29.8 Å². The van der Waals surface area contributed by atoms with Gasteiger partial charge in [-0.05, 0) is 33.8 Å². The van der Waals surface area contributed by atoms with Crippen LogP contribution < -0.4 is 5.32 Å². The highest BCUT2D eigenvalue weighted by Crippen LogP contribution is 2.20. The van der Waals surface area contributed by atoms with Gasteiger partial charge in [0.15, 0.2) is 0 Å². The minimum absolute atomic E-state index is 0.0997. The largest absolute Gasteiger partial charge is 0.477 e. The number of carboxylic acid groups (broad SMARTS) is 1. The Labute approximate surface area is 196 Å². The van der Waals surface area contributed by atoms with Crippen LogP contribution in [0.4, 0.5) is 10.5 Å². The van der Waals surface area contributed by atoms with Crippen LogP contribution in [0.5, 0.6) is 0 Å². The molecule has 1 aliphatic rings. The molecule has 3 rings (SSSR count). The van der Waals surface area contributed by atoms with E-state index >= 15 is 0 Å². The third-order valence-corrected chi connectivity index (χ3v) is 5.68. The minimum Gasteiger partial charge on any atom is -0.477 e. The zero-order valence-corrected chi connectivity index (χ0v) is 19.6. The molecule has 0 spiro atoms. The summed E-state index contributed by atoms with van der Waals surface area (Å²) >= 11 is 0. The highest BCUT2D eigenvalue weighted by molar-refractivity contribution is 5.95. The molecule has 3 heterocycles. The Morgan fingerprint density at radius 1 is 1.12 bits per heavy atom. The van der Waals surface area contributed by atoms with Crippen molar-refractivity contribution in [2.45, 2.75) is 39.8 Å². The zero-order valence-electron chi connectivity index (χ0n) is 19.6. The molecule has 1 aliphatic heterocycles. The van der Waals surface area contributed by atoms with Gasteiger partial charge < -0.3 is 25.0 Å². The molecule has 2 atom stereocenters. The van der Waals surface area contributed by atoms with Gasteiger partial charge in [-0.15, -0.1) is 0 Å². The number of aryl methyl sites for hydroxylation is 1. The van der Waals surface area contributed by atoms with Gasteiger partial charge in [-0.1, -0.05) is 0 Å². The molecule has 3 amide bonds. The Morgan fingerprint density at radius 2 is 1.76 bits per heavy atom. The number of carboxylic acids is 1. The van der Waals surface area contributed by atoms with Crippen molar-refractivity contribution in [2.24, 2.45) is 0 Å². The maximum absolute atomic E-state index is 13.0. The molecule has 2 N–H and O–H groups in total. The number of carbonyl (C=O) groups is 4. The van der Waals surface area contributed by atoms with Crippen LogP contribution in [0.25, 0.3) is 0 Å². The van der Waals surface area contributed by atoms with E-state index in [1.165, 1.54) is 23.9 Å². The van der Waals surface area contributed by atoms with E-state index in [9.17, 15) is 24.3 Å². The summed E-state index contributed by atoms with van der Waals surface area (Å²) in [6.45, 7) is 8.54. The lowest BCUT2D eigenvalue weighted by Crippen LogP contribution is -2.52. The molecule has 13 nitrogen and oxygen atoms in total. The predicted octanol–water partition coefficient (Wildman–Crippen LogP) is 1.15. The molecule has 2 unspecified atom stereocenters. The van der Waals surface area contributed by atoms with E-state index < -0.39 is 24.0 Å². The molecular weight excluding hydrogens is 446 g/mol. The fourth-order valence-corrected chi connectivity index (χ4v) is 3.64. The van der Waals surface area contributed by atoms with Crippen molar-refractivity contribution in [2.75, 3.05) is 38.1 Å². The topological polar surface area (TPSA) is 152 Å². The van der Waals surface area contributed by atoms with Gasteiger partial charge in [0, 0.05) is 38.6 Å². The fourth-order valence-electron chi connectivity index (χ4n) is 3.64. The Balaban J connectivity index is 1.63. The molecule has 0 saturated carbocycles. The highest BCUT2D eigenvalue weighted by Gasteiger charge is 2.29. The van der Waals surface area contributed by atoms with Gasteiger partial charge in [-0.2, -0.15) is 10.2 Å². The van der Waals surface area contributed by atoms with Gasteiger partial charge in [0.2, 0.25) is 11.8 Å². The molecule has 2 aromatic heterocycles. The number of aromatic carboxylic acids is 1. The summed E-state index contributed by atoms with van der Waals surface area (Å²) in [6, 6.07) is -0.186. The van der Waals surface area contributed by atoms with E-state index in [1.807, 2.05) is 0 Å². The molecule has 1 saturated heterocycles. The van der Waals surface area contributed by atoms with Gasteiger partial charge in [0.25, 0.3) is 0 Å². The zero-order chi connectivity index (χ0) is 25.0. The lowest BCUT2D eigenvalue weighted by Gasteiger charge is -2.35. The van der Waals surface area contributed by atoms with Gasteiger partial charge in [0.1, 0.15) is 17.8 Å². The van der Waals surface area contributed by atoms with E-state index in [-0.39, 0.29) is 17.7 Å². The second kappa shape index (κ2) is 10.4. The van der Waals surface area contributed by atoms with Crippen LogP contribution in [-0.4, -0.2) is 91.1 Å². The number of aromatic nitrogens is 4. The first-order chi connectivity index (χ1) is 16.1. The van der Waals surface area contributed by atoms with Crippen LogP contribution in [0, 0.1) is 6.92 Å². The van der Waals surface area contributed by atoms with Crippen LogP contribution >= 0.6 is 0 Å². The molecule has 34 heavy (non-hydrogen) atoms. The lowest BCUT2D eigenvalue weighted by atomic mass is 10.2. The van der Waals surface area contributed by atoms with Gasteiger partial charge in [0.05, 0.1) is 18.0 Å². The van der Waals surface area contributed by atoms with E-state index in [0.717, 1.165) is 4.68 Å². The number of carbonyl (C=O) groups excluding carboxylic acids is 3. The van der Waals surface area contributed by atoms with Crippen molar-refractivity contribution in [1.29, 1.82) is 0 Å². The summed E-state index contributed by atoms with van der Waals surface area (Å²) in [4.78, 5) is 52.1. The molecule has 1 fully saturated rings. The molecular formula is C21H29N7O6. The van der Waals surface area contributed by atoms with Crippen LogP contribution in [0.2, 0.25) is 0 Å². The second-order valence-corrected chi connectivity index (χ2v) is 7.93. The average Bonchev–Trinajstić information content (AvgIpc) is 3.45. The number of hydrogen-bond donors (Lipinski definition) is 2. The van der Waals surface area contributed by atoms with Gasteiger partial charge in [-0.25, -0.2) is 14.3 Å². The number of piperazine rings is 1. The number of ether oxygens (including phenoxy) is 1. The normalized spacial score (nSPS) is 15.5. The van der Waals surface area contributed by atoms with Crippen molar-refractivity contribution >= 4 is 29.6 Å². The molecule has 0 aromatic carbocycles. The molecule has 2 aromatic rings.